The summed E-state index contributed by atoms with van der Waals surface area (Å²) in [6.07, 6.45) is 8.12. The number of rotatable bonds is 3. The molecule has 0 bridgehead atoms. The molecule has 0 radical (unpaired) electrons. The van der Waals surface area contributed by atoms with Crippen LogP contribution in [0.3, 0.4) is 0 Å². The van der Waals surface area contributed by atoms with Gasteiger partial charge >= 0.3 is 0 Å². The Labute approximate surface area is 80.4 Å². The predicted octanol–water partition coefficient (Wildman–Crippen LogP) is 1.85. The molecular formula is C9H11BrO2. The van der Waals surface area contributed by atoms with E-state index in [9.17, 15) is 4.79 Å². The fraction of sp³-hybridized carbons (Fsp3) is 0.444. The SMILES string of the molecule is COC1(C(=O)CBr)C=CC=CC1. The smallest absolute Gasteiger partial charge is 0.179 e. The quantitative estimate of drug-likeness (QED) is 0.693. The van der Waals surface area contributed by atoms with Crippen molar-refractivity contribution < 1.29 is 9.53 Å². The molecular weight excluding hydrogens is 220 g/mol. The number of alkyl halides is 1. The molecule has 0 spiro atoms. The summed E-state index contributed by atoms with van der Waals surface area (Å²) in [5, 5.41) is 0.332. The summed E-state index contributed by atoms with van der Waals surface area (Å²) < 4.78 is 5.21. The highest BCUT2D eigenvalue weighted by atomic mass is 79.9. The van der Waals surface area contributed by atoms with Crippen LogP contribution in [0.15, 0.2) is 24.3 Å². The van der Waals surface area contributed by atoms with Gasteiger partial charge in [-0.05, 0) is 6.08 Å². The van der Waals surface area contributed by atoms with Crippen molar-refractivity contribution in [3.63, 3.8) is 0 Å². The first-order valence-corrected chi connectivity index (χ1v) is 4.86. The average Bonchev–Trinajstić information content (AvgIpc) is 2.17. The molecule has 0 saturated carbocycles. The summed E-state index contributed by atoms with van der Waals surface area (Å²) in [6, 6.07) is 0. The summed E-state index contributed by atoms with van der Waals surface area (Å²) >= 11 is 3.14. The highest BCUT2D eigenvalue weighted by Gasteiger charge is 2.34. The Balaban J connectivity index is 2.83. The Bertz CT molecular complexity index is 233. The number of hydrogen-bond acceptors (Lipinski definition) is 2. The first-order valence-electron chi connectivity index (χ1n) is 3.74. The van der Waals surface area contributed by atoms with Crippen LogP contribution in [0.1, 0.15) is 6.42 Å². The van der Waals surface area contributed by atoms with Gasteiger partial charge in [0.2, 0.25) is 0 Å². The molecule has 1 atom stereocenters. The van der Waals surface area contributed by atoms with Crippen LogP contribution < -0.4 is 0 Å². The normalized spacial score (nSPS) is 27.5. The van der Waals surface area contributed by atoms with Crippen molar-refractivity contribution in [3.8, 4) is 0 Å². The van der Waals surface area contributed by atoms with E-state index in [4.69, 9.17) is 4.74 Å². The van der Waals surface area contributed by atoms with Crippen LogP contribution in [-0.4, -0.2) is 23.8 Å². The first kappa shape index (κ1) is 9.68. The predicted molar refractivity (Wildman–Crippen MR) is 51.4 cm³/mol. The highest BCUT2D eigenvalue weighted by Crippen LogP contribution is 2.23. The number of carbonyl (C=O) groups excluding carboxylic acids is 1. The lowest BCUT2D eigenvalue weighted by Gasteiger charge is -2.27. The van der Waals surface area contributed by atoms with Gasteiger partial charge in [0.1, 0.15) is 5.60 Å². The number of allylic oxidation sites excluding steroid dienone is 2. The van der Waals surface area contributed by atoms with Crippen LogP contribution in [0.25, 0.3) is 0 Å². The molecule has 0 amide bonds. The molecule has 1 rings (SSSR count). The molecule has 0 fully saturated rings. The molecule has 0 aromatic rings. The molecule has 0 saturated heterocycles. The van der Waals surface area contributed by atoms with Crippen molar-refractivity contribution in [2.24, 2.45) is 0 Å². The van der Waals surface area contributed by atoms with Gasteiger partial charge in [-0.2, -0.15) is 0 Å². The van der Waals surface area contributed by atoms with E-state index < -0.39 is 5.60 Å². The van der Waals surface area contributed by atoms with Gasteiger partial charge in [-0.15, -0.1) is 0 Å². The number of carbonyl (C=O) groups is 1. The summed E-state index contributed by atoms with van der Waals surface area (Å²) in [4.78, 5) is 11.5. The van der Waals surface area contributed by atoms with Gasteiger partial charge < -0.3 is 4.74 Å². The van der Waals surface area contributed by atoms with Crippen LogP contribution in [0, 0.1) is 0 Å². The zero-order valence-electron chi connectivity index (χ0n) is 6.92. The van der Waals surface area contributed by atoms with Crippen molar-refractivity contribution in [3.05, 3.63) is 24.3 Å². The van der Waals surface area contributed by atoms with Crippen molar-refractivity contribution in [1.82, 2.24) is 0 Å². The van der Waals surface area contributed by atoms with E-state index >= 15 is 0 Å². The zero-order chi connectivity index (χ0) is 9.03. The van der Waals surface area contributed by atoms with Crippen molar-refractivity contribution in [2.45, 2.75) is 12.0 Å². The first-order chi connectivity index (χ1) is 5.75. The molecule has 3 heteroatoms. The molecule has 1 aliphatic rings. The van der Waals surface area contributed by atoms with Crippen LogP contribution in [0.5, 0.6) is 0 Å². The summed E-state index contributed by atoms with van der Waals surface area (Å²) in [5.41, 5.74) is -0.724. The van der Waals surface area contributed by atoms with Crippen LogP contribution in [0.2, 0.25) is 0 Å². The Morgan fingerprint density at radius 2 is 2.42 bits per heavy atom. The summed E-state index contributed by atoms with van der Waals surface area (Å²) in [7, 11) is 1.56. The standard InChI is InChI=1S/C9H11BrO2/c1-12-9(8(11)7-10)5-3-2-4-6-9/h2-5H,6-7H2,1H3. The second-order valence-corrected chi connectivity index (χ2v) is 3.20. The Kier molecular flexibility index (Phi) is 3.23. The zero-order valence-corrected chi connectivity index (χ0v) is 8.50. The average molecular weight is 231 g/mol. The Morgan fingerprint density at radius 1 is 1.67 bits per heavy atom. The molecule has 1 aliphatic carbocycles. The third-order valence-corrected chi connectivity index (χ3v) is 2.50. The number of ether oxygens (including phenoxy) is 1. The summed E-state index contributed by atoms with van der Waals surface area (Å²) in [5.74, 6) is 0.0607. The Morgan fingerprint density at radius 3 is 2.83 bits per heavy atom. The lowest BCUT2D eigenvalue weighted by Crippen LogP contribution is -2.39. The second-order valence-electron chi connectivity index (χ2n) is 2.64. The second kappa shape index (κ2) is 4.01. The minimum Gasteiger partial charge on any atom is -0.366 e. The minimum atomic E-state index is -0.724. The van der Waals surface area contributed by atoms with Gasteiger partial charge in [-0.25, -0.2) is 0 Å². The number of ketones is 1. The van der Waals surface area contributed by atoms with E-state index in [0.717, 1.165) is 0 Å². The molecule has 0 aliphatic heterocycles. The van der Waals surface area contributed by atoms with Crippen molar-refractivity contribution in [2.75, 3.05) is 12.4 Å². The monoisotopic (exact) mass is 230 g/mol. The fourth-order valence-electron chi connectivity index (χ4n) is 1.19. The van der Waals surface area contributed by atoms with E-state index in [1.807, 2.05) is 18.2 Å². The maximum absolute atomic E-state index is 11.5. The number of Topliss-reactive ketones (excluding diaryl/α,β-unsaturated/α-hetero) is 1. The lowest BCUT2D eigenvalue weighted by molar-refractivity contribution is -0.132. The van der Waals surface area contributed by atoms with Gasteiger partial charge in [0.15, 0.2) is 5.78 Å². The molecule has 0 aromatic carbocycles. The number of hydrogen-bond donors (Lipinski definition) is 0. The molecule has 1 unspecified atom stereocenters. The molecule has 0 heterocycles. The lowest BCUT2D eigenvalue weighted by atomic mass is 9.91. The van der Waals surface area contributed by atoms with Crippen LogP contribution in [0.4, 0.5) is 0 Å². The van der Waals surface area contributed by atoms with E-state index in [1.165, 1.54) is 0 Å². The Hall–Kier alpha value is -0.410. The maximum atomic E-state index is 11.5. The molecule has 0 aromatic heterocycles. The van der Waals surface area contributed by atoms with Crippen LogP contribution >= 0.6 is 15.9 Å². The number of halogens is 1. The molecule has 0 N–H and O–H groups in total. The van der Waals surface area contributed by atoms with E-state index in [0.29, 0.717) is 11.8 Å². The van der Waals surface area contributed by atoms with Gasteiger partial charge in [0.05, 0.1) is 5.33 Å². The van der Waals surface area contributed by atoms with Gasteiger partial charge in [-0.1, -0.05) is 34.2 Å². The third kappa shape index (κ3) is 1.67. The van der Waals surface area contributed by atoms with Gasteiger partial charge in [0.25, 0.3) is 0 Å². The van der Waals surface area contributed by atoms with E-state index in [-0.39, 0.29) is 5.78 Å². The molecule has 12 heavy (non-hydrogen) atoms. The topological polar surface area (TPSA) is 26.3 Å². The van der Waals surface area contributed by atoms with E-state index in [1.54, 1.807) is 13.2 Å². The minimum absolute atomic E-state index is 0.0607. The maximum Gasteiger partial charge on any atom is 0.179 e. The highest BCUT2D eigenvalue weighted by molar-refractivity contribution is 9.09. The summed E-state index contributed by atoms with van der Waals surface area (Å²) in [6.45, 7) is 0. The van der Waals surface area contributed by atoms with Crippen LogP contribution in [-0.2, 0) is 9.53 Å². The van der Waals surface area contributed by atoms with Crippen molar-refractivity contribution in [1.29, 1.82) is 0 Å². The van der Waals surface area contributed by atoms with Gasteiger partial charge in [0, 0.05) is 13.5 Å². The fourth-order valence-corrected chi connectivity index (χ4v) is 1.66. The third-order valence-electron chi connectivity index (χ3n) is 1.99. The van der Waals surface area contributed by atoms with Crippen molar-refractivity contribution >= 4 is 21.7 Å². The molecule has 66 valence electrons. The number of methoxy groups -OCH3 is 1. The molecule has 2 nitrogen and oxygen atoms in total. The van der Waals surface area contributed by atoms with E-state index in [2.05, 4.69) is 15.9 Å². The largest absolute Gasteiger partial charge is 0.366 e. The van der Waals surface area contributed by atoms with Gasteiger partial charge in [-0.3, -0.25) is 4.79 Å².